The summed E-state index contributed by atoms with van der Waals surface area (Å²) in [7, 11) is 2.91. The molecular weight excluding hydrogens is 260 g/mol. The summed E-state index contributed by atoms with van der Waals surface area (Å²) in [6.45, 7) is 3.92. The van der Waals surface area contributed by atoms with Gasteiger partial charge in [-0.1, -0.05) is 12.1 Å². The molecule has 2 N–H and O–H groups in total. The number of carbonyl (C=O) groups excluding carboxylic acids is 2. The lowest BCUT2D eigenvalue weighted by Crippen LogP contribution is -2.40. The van der Waals surface area contributed by atoms with E-state index < -0.39 is 18.1 Å². The summed E-state index contributed by atoms with van der Waals surface area (Å²) >= 11 is 0. The smallest absolute Gasteiger partial charge is 0.313 e. The van der Waals surface area contributed by atoms with Crippen LogP contribution in [0.25, 0.3) is 0 Å². The number of anilines is 1. The number of carbonyl (C=O) groups is 2. The number of rotatable bonds is 5. The molecule has 0 saturated heterocycles. The minimum absolute atomic E-state index is 0.103. The third kappa shape index (κ3) is 4.32. The molecule has 0 spiro atoms. The van der Waals surface area contributed by atoms with Crippen LogP contribution >= 0.6 is 0 Å². The first kappa shape index (κ1) is 16.1. The summed E-state index contributed by atoms with van der Waals surface area (Å²) in [5.41, 5.74) is 2.60. The number of benzene rings is 1. The van der Waals surface area contributed by atoms with Crippen molar-refractivity contribution in [2.45, 2.75) is 20.1 Å². The number of nitrogens with one attached hydrogen (secondary N) is 2. The largest absolute Gasteiger partial charge is 0.354 e. The molecule has 0 aliphatic rings. The second-order valence-corrected chi connectivity index (χ2v) is 4.31. The molecule has 0 atom stereocenters. The maximum atomic E-state index is 11.8. The van der Waals surface area contributed by atoms with Crippen molar-refractivity contribution in [3.8, 4) is 0 Å². The molecule has 0 bridgehead atoms. The van der Waals surface area contributed by atoms with Gasteiger partial charge in [0, 0.05) is 19.9 Å². The quantitative estimate of drug-likeness (QED) is 0.622. The molecule has 1 rings (SSSR count). The Hall–Kier alpha value is -1.92. The molecule has 1 aromatic rings. The minimum atomic E-state index is -0.731. The van der Waals surface area contributed by atoms with Gasteiger partial charge in [0.25, 0.3) is 0 Å². The average Bonchev–Trinajstić information content (AvgIpc) is 2.44. The average molecular weight is 280 g/mol. The van der Waals surface area contributed by atoms with Crippen LogP contribution in [0.4, 0.5) is 5.69 Å². The van der Waals surface area contributed by atoms with E-state index in [1.807, 2.05) is 26.0 Å². The maximum absolute atomic E-state index is 11.8. The fraction of sp³-hybridized carbons (Fsp3) is 0.429. The molecule has 1 aromatic carbocycles. The number of aryl methyl sites for hydroxylation is 1. The van der Waals surface area contributed by atoms with Crippen molar-refractivity contribution in [3.63, 3.8) is 0 Å². The molecule has 0 fully saturated rings. The Labute approximate surface area is 118 Å². The van der Waals surface area contributed by atoms with Crippen LogP contribution in [0.2, 0.25) is 0 Å². The van der Waals surface area contributed by atoms with E-state index in [1.54, 1.807) is 6.07 Å². The van der Waals surface area contributed by atoms with Crippen molar-refractivity contribution in [1.82, 2.24) is 5.32 Å². The van der Waals surface area contributed by atoms with Gasteiger partial charge in [-0.3, -0.25) is 9.59 Å². The molecule has 2 amide bonds. The Kier molecular flexibility index (Phi) is 6.14. The van der Waals surface area contributed by atoms with Crippen LogP contribution in [0.3, 0.4) is 0 Å². The van der Waals surface area contributed by atoms with E-state index in [9.17, 15) is 9.59 Å². The lowest BCUT2D eigenvalue weighted by Gasteiger charge is -2.14. The molecular formula is C14H20N2O4. The summed E-state index contributed by atoms with van der Waals surface area (Å²) in [6.07, 6.45) is -0.576. The number of hydrogen-bond donors (Lipinski definition) is 2. The third-order valence-electron chi connectivity index (χ3n) is 3.01. The Morgan fingerprint density at radius 1 is 1.15 bits per heavy atom. The predicted octanol–water partition coefficient (Wildman–Crippen LogP) is 0.977. The molecule has 6 nitrogen and oxygen atoms in total. The van der Waals surface area contributed by atoms with Gasteiger partial charge in [0.05, 0.1) is 6.54 Å². The zero-order chi connectivity index (χ0) is 15.1. The number of amides is 2. The van der Waals surface area contributed by atoms with Crippen molar-refractivity contribution in [2.75, 3.05) is 26.1 Å². The van der Waals surface area contributed by atoms with Crippen molar-refractivity contribution >= 4 is 17.5 Å². The summed E-state index contributed by atoms with van der Waals surface area (Å²) in [6, 6.07) is 5.51. The molecule has 20 heavy (non-hydrogen) atoms. The first-order valence-electron chi connectivity index (χ1n) is 6.20. The van der Waals surface area contributed by atoms with E-state index >= 15 is 0 Å². The molecule has 110 valence electrons. The Balaban J connectivity index is 2.58. The fourth-order valence-electron chi connectivity index (χ4n) is 1.58. The van der Waals surface area contributed by atoms with E-state index in [1.165, 1.54) is 14.2 Å². The van der Waals surface area contributed by atoms with Crippen LogP contribution in [0, 0.1) is 13.8 Å². The SMILES string of the molecule is COC(CNC(=O)C(=O)Nc1cccc(C)c1C)OC. The Morgan fingerprint density at radius 3 is 2.40 bits per heavy atom. The van der Waals surface area contributed by atoms with Crippen molar-refractivity contribution in [1.29, 1.82) is 0 Å². The molecule has 0 heterocycles. The lowest BCUT2D eigenvalue weighted by atomic mass is 10.1. The Morgan fingerprint density at radius 2 is 1.80 bits per heavy atom. The molecule has 0 aromatic heterocycles. The highest BCUT2D eigenvalue weighted by Gasteiger charge is 2.16. The van der Waals surface area contributed by atoms with Gasteiger partial charge in [0.2, 0.25) is 0 Å². The maximum Gasteiger partial charge on any atom is 0.313 e. The molecule has 0 saturated carbocycles. The predicted molar refractivity (Wildman–Crippen MR) is 75.4 cm³/mol. The van der Waals surface area contributed by atoms with E-state index in [0.29, 0.717) is 5.69 Å². The number of ether oxygens (including phenoxy) is 2. The van der Waals surface area contributed by atoms with Gasteiger partial charge in [-0.2, -0.15) is 0 Å². The summed E-state index contributed by atoms with van der Waals surface area (Å²) in [5, 5.41) is 5.02. The molecule has 0 radical (unpaired) electrons. The van der Waals surface area contributed by atoms with Crippen LogP contribution in [0.1, 0.15) is 11.1 Å². The van der Waals surface area contributed by atoms with E-state index in [-0.39, 0.29) is 6.54 Å². The van der Waals surface area contributed by atoms with Crippen molar-refractivity contribution in [2.24, 2.45) is 0 Å². The van der Waals surface area contributed by atoms with Crippen molar-refractivity contribution < 1.29 is 19.1 Å². The Bertz CT molecular complexity index is 484. The van der Waals surface area contributed by atoms with Gasteiger partial charge in [-0.15, -0.1) is 0 Å². The monoisotopic (exact) mass is 280 g/mol. The summed E-state index contributed by atoms with van der Waals surface area (Å²) in [5.74, 6) is -1.45. The van der Waals surface area contributed by atoms with Gasteiger partial charge < -0.3 is 20.1 Å². The summed E-state index contributed by atoms with van der Waals surface area (Å²) in [4.78, 5) is 23.4. The highest BCUT2D eigenvalue weighted by molar-refractivity contribution is 6.39. The second kappa shape index (κ2) is 7.62. The normalized spacial score (nSPS) is 10.4. The summed E-state index contributed by atoms with van der Waals surface area (Å²) < 4.78 is 9.83. The highest BCUT2D eigenvalue weighted by atomic mass is 16.7. The van der Waals surface area contributed by atoms with E-state index in [4.69, 9.17) is 9.47 Å². The zero-order valence-corrected chi connectivity index (χ0v) is 12.1. The number of hydrogen-bond acceptors (Lipinski definition) is 4. The van der Waals surface area contributed by atoms with Gasteiger partial charge in [-0.05, 0) is 31.0 Å². The highest BCUT2D eigenvalue weighted by Crippen LogP contribution is 2.17. The molecule has 0 unspecified atom stereocenters. The number of methoxy groups -OCH3 is 2. The molecule has 6 heteroatoms. The van der Waals surface area contributed by atoms with Crippen LogP contribution in [0.5, 0.6) is 0 Å². The minimum Gasteiger partial charge on any atom is -0.354 e. The molecule has 0 aliphatic heterocycles. The van der Waals surface area contributed by atoms with Crippen LogP contribution in [0.15, 0.2) is 18.2 Å². The first-order chi connectivity index (χ1) is 9.49. The van der Waals surface area contributed by atoms with Gasteiger partial charge in [0.15, 0.2) is 6.29 Å². The van der Waals surface area contributed by atoms with Crippen molar-refractivity contribution in [3.05, 3.63) is 29.3 Å². The zero-order valence-electron chi connectivity index (χ0n) is 12.1. The van der Waals surface area contributed by atoms with E-state index in [0.717, 1.165) is 11.1 Å². The second-order valence-electron chi connectivity index (χ2n) is 4.31. The first-order valence-corrected chi connectivity index (χ1v) is 6.20. The van der Waals surface area contributed by atoms with Crippen LogP contribution < -0.4 is 10.6 Å². The van der Waals surface area contributed by atoms with E-state index in [2.05, 4.69) is 10.6 Å². The van der Waals surface area contributed by atoms with Gasteiger partial charge in [-0.25, -0.2) is 0 Å². The third-order valence-corrected chi connectivity index (χ3v) is 3.01. The molecule has 0 aliphatic carbocycles. The fourth-order valence-corrected chi connectivity index (χ4v) is 1.58. The topological polar surface area (TPSA) is 76.7 Å². The van der Waals surface area contributed by atoms with Gasteiger partial charge >= 0.3 is 11.8 Å². The van der Waals surface area contributed by atoms with Crippen LogP contribution in [-0.2, 0) is 19.1 Å². The van der Waals surface area contributed by atoms with Gasteiger partial charge in [0.1, 0.15) is 0 Å². The standard InChI is InChI=1S/C14H20N2O4/c1-9-6-5-7-11(10(9)2)16-14(18)13(17)15-8-12(19-3)20-4/h5-7,12H,8H2,1-4H3,(H,15,17)(H,16,18). The van der Waals surface area contributed by atoms with Crippen LogP contribution in [-0.4, -0.2) is 38.9 Å². The lowest BCUT2D eigenvalue weighted by molar-refractivity contribution is -0.139.